The zero-order valence-electron chi connectivity index (χ0n) is 16.8. The molecule has 168 valence electrons. The van der Waals surface area contributed by atoms with Crippen LogP contribution in [0.15, 0.2) is 42.6 Å². The maximum Gasteiger partial charge on any atom is 0.406 e. The fourth-order valence-electron chi connectivity index (χ4n) is 4.18. The van der Waals surface area contributed by atoms with Gasteiger partial charge in [-0.1, -0.05) is 41.9 Å². The van der Waals surface area contributed by atoms with Crippen LogP contribution >= 0.6 is 11.6 Å². The van der Waals surface area contributed by atoms with Gasteiger partial charge in [-0.25, -0.2) is 0 Å². The molecule has 2 aromatic carbocycles. The van der Waals surface area contributed by atoms with Crippen LogP contribution in [0.1, 0.15) is 23.1 Å². The smallest absolute Gasteiger partial charge is 0.406 e. The van der Waals surface area contributed by atoms with E-state index in [1.807, 2.05) is 30.3 Å². The summed E-state index contributed by atoms with van der Waals surface area (Å²) in [6.07, 6.45) is -3.64. The van der Waals surface area contributed by atoms with Gasteiger partial charge in [-0.15, -0.1) is 0 Å². The number of fused-ring (bicyclic) bond motifs is 3. The zero-order chi connectivity index (χ0) is 23.0. The Morgan fingerprint density at radius 3 is 2.62 bits per heavy atom. The third kappa shape index (κ3) is 4.57. The summed E-state index contributed by atoms with van der Waals surface area (Å²) in [6, 6.07) is 11.1. The molecule has 1 amide bonds. The summed E-state index contributed by atoms with van der Waals surface area (Å²) >= 11 is 6.54. The summed E-state index contributed by atoms with van der Waals surface area (Å²) in [7, 11) is 0. The first-order chi connectivity index (χ1) is 15.1. The van der Waals surface area contributed by atoms with E-state index in [9.17, 15) is 27.9 Å². The van der Waals surface area contributed by atoms with E-state index in [4.69, 9.17) is 11.6 Å². The van der Waals surface area contributed by atoms with Crippen LogP contribution in [-0.4, -0.2) is 44.4 Å². The highest BCUT2D eigenvalue weighted by Gasteiger charge is 2.39. The highest BCUT2D eigenvalue weighted by molar-refractivity contribution is 6.35. The molecule has 0 saturated carbocycles. The third-order valence-electron chi connectivity index (χ3n) is 5.52. The summed E-state index contributed by atoms with van der Waals surface area (Å²) in [5.41, 5.74) is 2.60. The van der Waals surface area contributed by atoms with Crippen molar-refractivity contribution in [3.05, 3.63) is 64.3 Å². The Morgan fingerprint density at radius 2 is 1.97 bits per heavy atom. The van der Waals surface area contributed by atoms with Gasteiger partial charge in [-0.05, 0) is 29.2 Å². The summed E-state index contributed by atoms with van der Waals surface area (Å²) in [5, 5.41) is 14.5. The van der Waals surface area contributed by atoms with Crippen LogP contribution < -0.4 is 0 Å². The molecule has 0 unspecified atom stereocenters. The predicted octanol–water partition coefficient (Wildman–Crippen LogP) is 4.28. The number of alkyl halides is 3. The molecular formula is C22H19ClF3N3O3. The first kappa shape index (κ1) is 22.1. The van der Waals surface area contributed by atoms with Crippen molar-refractivity contribution >= 4 is 34.4 Å². The number of hydrogen-bond acceptors (Lipinski definition) is 3. The number of aliphatic carboxylic acids is 1. The molecular weight excluding hydrogens is 447 g/mol. The normalized spacial score (nSPS) is 16.8. The number of rotatable bonds is 5. The molecule has 1 aliphatic heterocycles. The van der Waals surface area contributed by atoms with Crippen molar-refractivity contribution in [2.24, 2.45) is 5.92 Å². The van der Waals surface area contributed by atoms with Crippen LogP contribution in [0.3, 0.4) is 0 Å². The summed E-state index contributed by atoms with van der Waals surface area (Å²) in [5.74, 6) is -3.19. The van der Waals surface area contributed by atoms with Crippen molar-refractivity contribution in [2.75, 3.05) is 6.54 Å². The molecule has 32 heavy (non-hydrogen) atoms. The molecule has 0 spiro atoms. The molecule has 6 nitrogen and oxygen atoms in total. The number of hydrogen-bond donors (Lipinski definition) is 1. The Labute approximate surface area is 186 Å². The molecule has 1 atom stereocenters. The second kappa shape index (κ2) is 8.46. The van der Waals surface area contributed by atoms with Crippen molar-refractivity contribution in [1.29, 1.82) is 0 Å². The van der Waals surface area contributed by atoms with Gasteiger partial charge >= 0.3 is 12.1 Å². The van der Waals surface area contributed by atoms with Gasteiger partial charge in [0.1, 0.15) is 6.54 Å². The zero-order valence-corrected chi connectivity index (χ0v) is 17.5. The Bertz CT molecular complexity index is 1180. The number of carboxylic acids is 1. The van der Waals surface area contributed by atoms with E-state index < -0.39 is 36.9 Å². The maximum atomic E-state index is 13.2. The number of halogens is 4. The second-order valence-electron chi connectivity index (χ2n) is 7.85. The highest BCUT2D eigenvalue weighted by atomic mass is 35.5. The lowest BCUT2D eigenvalue weighted by atomic mass is 9.93. The number of benzene rings is 2. The minimum absolute atomic E-state index is 0.00561. The Morgan fingerprint density at radius 1 is 1.25 bits per heavy atom. The summed E-state index contributed by atoms with van der Waals surface area (Å²) < 4.78 is 41.2. The molecule has 0 aliphatic carbocycles. The van der Waals surface area contributed by atoms with Crippen molar-refractivity contribution in [3.63, 3.8) is 0 Å². The topological polar surface area (TPSA) is 75.4 Å². The molecule has 2 heterocycles. The lowest BCUT2D eigenvalue weighted by molar-refractivity contribution is -0.165. The molecule has 0 bridgehead atoms. The molecule has 0 saturated heterocycles. The van der Waals surface area contributed by atoms with E-state index in [2.05, 4.69) is 5.10 Å². The molecule has 4 rings (SSSR count). The van der Waals surface area contributed by atoms with Gasteiger partial charge in [0, 0.05) is 11.9 Å². The van der Waals surface area contributed by atoms with Crippen LogP contribution in [0.5, 0.6) is 0 Å². The van der Waals surface area contributed by atoms with Gasteiger partial charge in [0.25, 0.3) is 0 Å². The lowest BCUT2D eigenvalue weighted by Crippen LogP contribution is -2.41. The number of carbonyl (C=O) groups is 2. The van der Waals surface area contributed by atoms with Crippen LogP contribution in [0.4, 0.5) is 13.2 Å². The average molecular weight is 466 g/mol. The Hall–Kier alpha value is -3.07. The number of carboxylic acid groups (broad SMARTS) is 1. The molecule has 1 aromatic heterocycles. The maximum absolute atomic E-state index is 13.2. The number of nitrogens with zero attached hydrogens (tertiary/aromatic N) is 3. The summed E-state index contributed by atoms with van der Waals surface area (Å²) in [4.78, 5) is 24.7. The number of carbonyl (C=O) groups excluding carboxylic acids is 1. The van der Waals surface area contributed by atoms with Gasteiger partial charge in [-0.3, -0.25) is 14.3 Å². The van der Waals surface area contributed by atoms with Crippen molar-refractivity contribution in [1.82, 2.24) is 14.7 Å². The van der Waals surface area contributed by atoms with Crippen LogP contribution in [0.2, 0.25) is 5.02 Å². The number of amides is 1. The minimum Gasteiger partial charge on any atom is -0.481 e. The van der Waals surface area contributed by atoms with Gasteiger partial charge in [0.2, 0.25) is 5.91 Å². The molecule has 0 radical (unpaired) electrons. The Kier molecular flexibility index (Phi) is 5.85. The largest absolute Gasteiger partial charge is 0.481 e. The molecule has 1 N–H and O–H groups in total. The molecule has 3 aromatic rings. The fraction of sp³-hybridized carbons (Fsp3) is 0.318. The van der Waals surface area contributed by atoms with Crippen LogP contribution in [0, 0.1) is 5.92 Å². The van der Waals surface area contributed by atoms with Crippen molar-refractivity contribution < 1.29 is 27.9 Å². The quantitative estimate of drug-likeness (QED) is 0.610. The van der Waals surface area contributed by atoms with Crippen molar-refractivity contribution in [3.8, 4) is 0 Å². The molecule has 0 fully saturated rings. The van der Waals surface area contributed by atoms with E-state index in [0.717, 1.165) is 5.56 Å². The fourth-order valence-corrected chi connectivity index (χ4v) is 4.52. The minimum atomic E-state index is -4.61. The van der Waals surface area contributed by atoms with E-state index in [-0.39, 0.29) is 13.0 Å². The second-order valence-corrected chi connectivity index (χ2v) is 8.26. The first-order valence-electron chi connectivity index (χ1n) is 9.89. The van der Waals surface area contributed by atoms with E-state index in [1.54, 1.807) is 10.7 Å². The predicted molar refractivity (Wildman–Crippen MR) is 111 cm³/mol. The Balaban J connectivity index is 1.80. The van der Waals surface area contributed by atoms with Crippen LogP contribution in [-0.2, 0) is 29.1 Å². The van der Waals surface area contributed by atoms with Crippen LogP contribution in [0.25, 0.3) is 10.9 Å². The SMILES string of the molecule is O=C(O)C[C@@H]1Cc2cc(Cl)c3c(cnn3Cc3ccccc3)c2CN(CC(F)(F)F)C1=O. The summed E-state index contributed by atoms with van der Waals surface area (Å²) in [6.45, 7) is -1.34. The van der Waals surface area contributed by atoms with Gasteiger partial charge in [0.15, 0.2) is 0 Å². The van der Waals surface area contributed by atoms with E-state index >= 15 is 0 Å². The monoisotopic (exact) mass is 465 g/mol. The first-order valence-corrected chi connectivity index (χ1v) is 10.3. The van der Waals surface area contributed by atoms with E-state index in [1.165, 1.54) is 6.20 Å². The van der Waals surface area contributed by atoms with Crippen molar-refractivity contribution in [2.45, 2.75) is 32.1 Å². The molecule has 1 aliphatic rings. The third-order valence-corrected chi connectivity index (χ3v) is 5.81. The van der Waals surface area contributed by atoms with E-state index in [0.29, 0.717) is 38.5 Å². The lowest BCUT2D eigenvalue weighted by Gasteiger charge is -2.25. The average Bonchev–Trinajstić information content (AvgIpc) is 3.07. The molecule has 10 heteroatoms. The highest BCUT2D eigenvalue weighted by Crippen LogP contribution is 2.36. The van der Waals surface area contributed by atoms with Gasteiger partial charge in [-0.2, -0.15) is 18.3 Å². The number of aromatic nitrogens is 2. The van der Waals surface area contributed by atoms with Gasteiger partial charge in [0.05, 0.1) is 35.6 Å². The van der Waals surface area contributed by atoms with Gasteiger partial charge < -0.3 is 10.0 Å². The standard InChI is InChI=1S/C22H19ClF3N3O3/c23-18-7-14-6-15(8-19(30)31)21(32)28(12-22(24,25)26)11-17(14)16-9-27-29(20(16)18)10-13-4-2-1-3-5-13/h1-5,7,9,15H,6,8,10-12H2,(H,30,31)/t15-/m0/s1.